The summed E-state index contributed by atoms with van der Waals surface area (Å²) in [4.78, 5) is 25.3. The fourth-order valence-corrected chi connectivity index (χ4v) is 2.60. The molecule has 0 fully saturated rings. The van der Waals surface area contributed by atoms with Gasteiger partial charge in [-0.2, -0.15) is 0 Å². The van der Waals surface area contributed by atoms with E-state index in [1.165, 1.54) is 19.3 Å². The van der Waals surface area contributed by atoms with Crippen molar-refractivity contribution in [3.8, 4) is 0 Å². The van der Waals surface area contributed by atoms with E-state index in [2.05, 4.69) is 11.9 Å². The van der Waals surface area contributed by atoms with Crippen LogP contribution in [0.3, 0.4) is 0 Å². The maximum Gasteiger partial charge on any atom is 0.226 e. The van der Waals surface area contributed by atoms with Crippen molar-refractivity contribution in [3.63, 3.8) is 0 Å². The fourth-order valence-electron chi connectivity index (χ4n) is 2.60. The molecule has 0 aromatic carbocycles. The minimum Gasteiger partial charge on any atom is -0.387 e. The molecule has 0 saturated carbocycles. The molecule has 5 atom stereocenters. The summed E-state index contributed by atoms with van der Waals surface area (Å²) in [5.41, 5.74) is -0.749. The lowest BCUT2D eigenvalue weighted by atomic mass is 9.91. The molecule has 0 radical (unpaired) electrons. The number of methoxy groups -OCH3 is 1. The third-order valence-corrected chi connectivity index (χ3v) is 4.33. The van der Waals surface area contributed by atoms with E-state index in [4.69, 9.17) is 9.47 Å². The lowest BCUT2D eigenvalue weighted by Gasteiger charge is -2.29. The Morgan fingerprint density at radius 2 is 1.65 bits per heavy atom. The first kappa shape index (κ1) is 29.4. The van der Waals surface area contributed by atoms with Crippen molar-refractivity contribution in [2.75, 3.05) is 20.3 Å². The Morgan fingerprint density at radius 3 is 2.10 bits per heavy atom. The predicted octanol–water partition coefficient (Wildman–Crippen LogP) is 1.38. The van der Waals surface area contributed by atoms with Gasteiger partial charge in [-0.3, -0.25) is 9.59 Å². The Balaban J connectivity index is 5.34. The van der Waals surface area contributed by atoms with Gasteiger partial charge < -0.3 is 30.1 Å². The Hall–Kier alpha value is -1.58. The Kier molecular flexibility index (Phi) is 12.4. The van der Waals surface area contributed by atoms with Gasteiger partial charge in [-0.1, -0.05) is 39.0 Å². The number of nitrogens with one attached hydrogen (secondary N) is 1. The summed E-state index contributed by atoms with van der Waals surface area (Å²) in [5.74, 6) is -1.80. The highest BCUT2D eigenvalue weighted by atomic mass is 16.5. The molecule has 4 N–H and O–H groups in total. The molecular formula is C23H41NO7. The van der Waals surface area contributed by atoms with Gasteiger partial charge in [0.15, 0.2) is 5.78 Å². The molecule has 0 heterocycles. The van der Waals surface area contributed by atoms with Crippen molar-refractivity contribution in [2.24, 2.45) is 11.3 Å². The van der Waals surface area contributed by atoms with Crippen LogP contribution in [-0.4, -0.2) is 77.3 Å². The van der Waals surface area contributed by atoms with Gasteiger partial charge in [0.05, 0.1) is 18.1 Å². The van der Waals surface area contributed by atoms with Crippen LogP contribution in [0.1, 0.15) is 48.0 Å². The molecule has 0 unspecified atom stereocenters. The van der Waals surface area contributed by atoms with Gasteiger partial charge in [-0.15, -0.1) is 6.58 Å². The van der Waals surface area contributed by atoms with Crippen LogP contribution >= 0.6 is 0 Å². The number of carbonyl (C=O) groups excluding carboxylic acids is 2. The van der Waals surface area contributed by atoms with Gasteiger partial charge in [0, 0.05) is 20.1 Å². The van der Waals surface area contributed by atoms with Crippen molar-refractivity contribution in [2.45, 2.75) is 78.0 Å². The number of hydrogen-bond acceptors (Lipinski definition) is 7. The first-order chi connectivity index (χ1) is 14.1. The minimum atomic E-state index is -1.68. The molecule has 0 aliphatic heterocycles. The van der Waals surface area contributed by atoms with E-state index < -0.39 is 47.6 Å². The molecule has 0 rings (SSSR count). The Morgan fingerprint density at radius 1 is 1.06 bits per heavy atom. The smallest absolute Gasteiger partial charge is 0.226 e. The third kappa shape index (κ3) is 12.1. The molecule has 8 heteroatoms. The molecule has 0 aromatic heterocycles. The van der Waals surface area contributed by atoms with Crippen LogP contribution in [0.25, 0.3) is 0 Å². The molecule has 31 heavy (non-hydrogen) atoms. The molecule has 8 nitrogen and oxygen atoms in total. The number of carbonyl (C=O) groups is 2. The summed E-state index contributed by atoms with van der Waals surface area (Å²) < 4.78 is 10.8. The topological polar surface area (TPSA) is 125 Å². The lowest BCUT2D eigenvalue weighted by Crippen LogP contribution is -2.49. The molecule has 0 aliphatic rings. The Labute approximate surface area is 186 Å². The second-order valence-electron chi connectivity index (χ2n) is 9.68. The maximum absolute atomic E-state index is 12.8. The minimum absolute atomic E-state index is 0.00968. The monoisotopic (exact) mass is 443 g/mol. The largest absolute Gasteiger partial charge is 0.387 e. The number of aliphatic hydroxyl groups is 3. The normalized spacial score (nSPS) is 17.6. The van der Waals surface area contributed by atoms with Gasteiger partial charge in [0.25, 0.3) is 0 Å². The summed E-state index contributed by atoms with van der Waals surface area (Å²) in [5, 5.41) is 33.6. The van der Waals surface area contributed by atoms with Gasteiger partial charge in [-0.05, 0) is 26.2 Å². The van der Waals surface area contributed by atoms with Crippen molar-refractivity contribution >= 4 is 11.7 Å². The zero-order valence-corrected chi connectivity index (χ0v) is 19.9. The molecule has 0 aromatic rings. The van der Waals surface area contributed by atoms with Crippen LogP contribution in [-0.2, 0) is 19.1 Å². The number of amides is 1. The molecule has 1 amide bonds. The number of ketones is 1. The Bertz CT molecular complexity index is 604. The summed E-state index contributed by atoms with van der Waals surface area (Å²) in [7, 11) is 1.22. The summed E-state index contributed by atoms with van der Waals surface area (Å²) >= 11 is 0. The number of aliphatic hydroxyl groups excluding tert-OH is 3. The second-order valence-corrected chi connectivity index (χ2v) is 9.68. The fraction of sp³-hybridized carbons (Fsp3) is 0.739. The van der Waals surface area contributed by atoms with E-state index in [1.54, 1.807) is 6.08 Å². The lowest BCUT2D eigenvalue weighted by molar-refractivity contribution is -0.150. The van der Waals surface area contributed by atoms with Crippen LogP contribution < -0.4 is 5.32 Å². The van der Waals surface area contributed by atoms with Crippen molar-refractivity contribution in [1.29, 1.82) is 0 Å². The summed E-state index contributed by atoms with van der Waals surface area (Å²) in [6.07, 6.45) is -1.83. The number of ether oxygens (including phenoxy) is 2. The van der Waals surface area contributed by atoms with E-state index in [-0.39, 0.29) is 25.0 Å². The molecule has 0 aliphatic carbocycles. The first-order valence-corrected chi connectivity index (χ1v) is 10.4. The average molecular weight is 444 g/mol. The van der Waals surface area contributed by atoms with Crippen LogP contribution in [0.2, 0.25) is 0 Å². The number of hydrogen-bond donors (Lipinski definition) is 4. The molecular weight excluding hydrogens is 402 g/mol. The van der Waals surface area contributed by atoms with Crippen molar-refractivity contribution in [1.82, 2.24) is 5.32 Å². The predicted molar refractivity (Wildman–Crippen MR) is 119 cm³/mol. The highest BCUT2D eigenvalue weighted by Crippen LogP contribution is 2.19. The first-order valence-electron chi connectivity index (χ1n) is 10.4. The van der Waals surface area contributed by atoms with Gasteiger partial charge in [0.1, 0.15) is 24.4 Å². The van der Waals surface area contributed by atoms with E-state index in [0.29, 0.717) is 0 Å². The van der Waals surface area contributed by atoms with E-state index >= 15 is 0 Å². The molecule has 0 saturated heterocycles. The van der Waals surface area contributed by atoms with Crippen LogP contribution in [0.15, 0.2) is 24.8 Å². The van der Waals surface area contributed by atoms with Crippen LogP contribution in [0.5, 0.6) is 0 Å². The summed E-state index contributed by atoms with van der Waals surface area (Å²) in [6, 6.07) is 0. The molecule has 180 valence electrons. The van der Waals surface area contributed by atoms with Crippen molar-refractivity contribution in [3.05, 3.63) is 24.8 Å². The molecule has 0 bridgehead atoms. The quantitative estimate of drug-likeness (QED) is 0.317. The highest BCUT2D eigenvalue weighted by Gasteiger charge is 2.37. The highest BCUT2D eigenvalue weighted by molar-refractivity contribution is 5.89. The second kappa shape index (κ2) is 13.1. The number of Topliss-reactive ketones (excluding diaryl/α,β-unsaturated/α-hetero) is 1. The van der Waals surface area contributed by atoms with Crippen LogP contribution in [0, 0.1) is 11.3 Å². The zero-order valence-electron chi connectivity index (χ0n) is 19.9. The van der Waals surface area contributed by atoms with Gasteiger partial charge >= 0.3 is 0 Å². The van der Waals surface area contributed by atoms with Gasteiger partial charge in [-0.25, -0.2) is 0 Å². The average Bonchev–Trinajstić information content (AvgIpc) is 2.65. The van der Waals surface area contributed by atoms with E-state index in [0.717, 1.165) is 0 Å². The SMILES string of the molecule is C=CCNC(=O)[C@H](COC(C)(C)C)CC(=O)[C@H](OC)[C@H](O)[C@@H](O)[C@H](O)/C=C/C(C)(C)C. The van der Waals surface area contributed by atoms with Crippen molar-refractivity contribution < 1.29 is 34.4 Å². The number of rotatable bonds is 13. The maximum atomic E-state index is 12.8. The van der Waals surface area contributed by atoms with Crippen LogP contribution in [0.4, 0.5) is 0 Å². The molecule has 0 spiro atoms. The zero-order chi connectivity index (χ0) is 24.4. The third-order valence-electron chi connectivity index (χ3n) is 4.33. The summed E-state index contributed by atoms with van der Waals surface area (Å²) in [6.45, 7) is 15.0. The van der Waals surface area contributed by atoms with E-state index in [9.17, 15) is 24.9 Å². The number of allylic oxidation sites excluding steroid dienone is 1. The van der Waals surface area contributed by atoms with E-state index in [1.807, 2.05) is 41.5 Å². The standard InChI is InChI=1S/C23H41NO7/c1-9-12-24-21(29)15(14-31-23(5,6)7)13-17(26)20(30-8)19(28)18(27)16(25)10-11-22(2,3)4/h9-11,15-16,18-20,25,27-28H,1,12-14H2,2-8H3,(H,24,29)/b11-10+/t15-,16+,18-,19+,20-/m0/s1. The van der Waals surface area contributed by atoms with Gasteiger partial charge in [0.2, 0.25) is 5.91 Å².